The molecule has 4 N–H and O–H groups in total. The van der Waals surface area contributed by atoms with Gasteiger partial charge in [-0.3, -0.25) is 9.59 Å². The average Bonchev–Trinajstić information content (AvgIpc) is 3.16. The summed E-state index contributed by atoms with van der Waals surface area (Å²) in [6.45, 7) is 12.2. The molecule has 0 aliphatic heterocycles. The predicted molar refractivity (Wildman–Crippen MR) is 121 cm³/mol. The molecule has 0 spiro atoms. The average molecular weight is 437 g/mol. The highest BCUT2D eigenvalue weighted by molar-refractivity contribution is 6.08. The van der Waals surface area contributed by atoms with Gasteiger partial charge in [0.1, 0.15) is 5.41 Å². The zero-order chi connectivity index (χ0) is 23.3. The van der Waals surface area contributed by atoms with Crippen molar-refractivity contribution in [2.24, 2.45) is 16.2 Å². The lowest BCUT2D eigenvalue weighted by Gasteiger charge is -2.43. The molecule has 6 nitrogen and oxygen atoms in total. The van der Waals surface area contributed by atoms with Crippen LogP contribution in [0.5, 0.6) is 0 Å². The van der Waals surface area contributed by atoms with E-state index in [-0.39, 0.29) is 22.6 Å². The molecule has 2 atom stereocenters. The molecule has 3 aliphatic carbocycles. The van der Waals surface area contributed by atoms with Gasteiger partial charge in [0.15, 0.2) is 0 Å². The van der Waals surface area contributed by atoms with E-state index < -0.39 is 28.7 Å². The van der Waals surface area contributed by atoms with Crippen LogP contribution in [0.15, 0.2) is 0 Å². The minimum atomic E-state index is -1.09. The summed E-state index contributed by atoms with van der Waals surface area (Å²) in [4.78, 5) is 26.8. The smallest absolute Gasteiger partial charge is 0.236 e. The van der Waals surface area contributed by atoms with E-state index in [1.807, 2.05) is 41.5 Å². The van der Waals surface area contributed by atoms with Crippen LogP contribution in [-0.4, -0.2) is 45.3 Å². The van der Waals surface area contributed by atoms with Crippen LogP contribution < -0.4 is 10.6 Å². The zero-order valence-electron chi connectivity index (χ0n) is 20.4. The molecule has 2 amide bonds. The number of hydrogen-bond donors (Lipinski definition) is 4. The van der Waals surface area contributed by atoms with Gasteiger partial charge in [-0.15, -0.1) is 0 Å². The Morgan fingerprint density at radius 3 is 1.16 bits per heavy atom. The van der Waals surface area contributed by atoms with E-state index >= 15 is 0 Å². The van der Waals surface area contributed by atoms with Gasteiger partial charge in [0.25, 0.3) is 0 Å². The summed E-state index contributed by atoms with van der Waals surface area (Å²) in [5.41, 5.74) is -3.58. The van der Waals surface area contributed by atoms with Crippen molar-refractivity contribution >= 4 is 11.8 Å². The third kappa shape index (κ3) is 4.80. The fourth-order valence-electron chi connectivity index (χ4n) is 6.09. The molecule has 3 saturated carbocycles. The molecular formula is C25H44N2O4. The highest BCUT2D eigenvalue weighted by Crippen LogP contribution is 2.49. The van der Waals surface area contributed by atoms with Crippen molar-refractivity contribution in [1.82, 2.24) is 10.6 Å². The van der Waals surface area contributed by atoms with Crippen molar-refractivity contribution in [2.75, 3.05) is 0 Å². The lowest BCUT2D eigenvalue weighted by Crippen LogP contribution is -2.62. The number of aliphatic hydroxyl groups is 2. The second-order valence-corrected chi connectivity index (χ2v) is 12.7. The maximum absolute atomic E-state index is 13.4. The summed E-state index contributed by atoms with van der Waals surface area (Å²) in [6.07, 6.45) is 7.53. The Kier molecular flexibility index (Phi) is 6.34. The third-order valence-corrected chi connectivity index (χ3v) is 7.92. The monoisotopic (exact) mass is 436 g/mol. The van der Waals surface area contributed by atoms with E-state index in [1.54, 1.807) is 0 Å². The van der Waals surface area contributed by atoms with E-state index in [2.05, 4.69) is 10.6 Å². The van der Waals surface area contributed by atoms with Gasteiger partial charge in [-0.25, -0.2) is 0 Å². The van der Waals surface area contributed by atoms with E-state index in [1.165, 1.54) is 0 Å². The molecule has 0 aromatic carbocycles. The van der Waals surface area contributed by atoms with Gasteiger partial charge in [0.2, 0.25) is 11.8 Å². The summed E-state index contributed by atoms with van der Waals surface area (Å²) in [6, 6.07) is -0.810. The molecule has 0 heterocycles. The second kappa shape index (κ2) is 8.02. The minimum Gasteiger partial charge on any atom is -0.388 e. The molecule has 0 radical (unpaired) electrons. The van der Waals surface area contributed by atoms with Crippen LogP contribution in [0.25, 0.3) is 0 Å². The molecule has 0 aromatic rings. The van der Waals surface area contributed by atoms with Gasteiger partial charge in [0, 0.05) is 0 Å². The van der Waals surface area contributed by atoms with Crippen LogP contribution >= 0.6 is 0 Å². The fourth-order valence-corrected chi connectivity index (χ4v) is 6.09. The van der Waals surface area contributed by atoms with Crippen LogP contribution in [-0.2, 0) is 9.59 Å². The van der Waals surface area contributed by atoms with Crippen LogP contribution in [0.4, 0.5) is 0 Å². The molecule has 3 rings (SSSR count). The van der Waals surface area contributed by atoms with E-state index in [4.69, 9.17) is 0 Å². The molecule has 31 heavy (non-hydrogen) atoms. The SMILES string of the molecule is CC(C)(C)[C@@H](NC(=O)C1(C(=O)N[C@H](C(C)(C)C)C2(O)CCCC2)CC1)C1(O)CCCC1. The van der Waals surface area contributed by atoms with Crippen molar-refractivity contribution < 1.29 is 19.8 Å². The van der Waals surface area contributed by atoms with Crippen molar-refractivity contribution in [2.45, 2.75) is 129 Å². The summed E-state index contributed by atoms with van der Waals surface area (Å²) < 4.78 is 0. The number of rotatable bonds is 6. The zero-order valence-corrected chi connectivity index (χ0v) is 20.4. The molecule has 178 valence electrons. The van der Waals surface area contributed by atoms with Gasteiger partial charge in [-0.2, -0.15) is 0 Å². The maximum atomic E-state index is 13.4. The standard InChI is InChI=1S/C25H44N2O4/c1-21(2,3)17(24(30)11-7-8-12-24)26-19(28)23(15-16-23)20(29)27-18(22(4,5)6)25(31)13-9-10-14-25/h17-18,30-31H,7-16H2,1-6H3,(H,26,28)(H,27,29)/t17-,18-/m1/s1. The maximum Gasteiger partial charge on any atom is 0.236 e. The third-order valence-electron chi connectivity index (χ3n) is 7.92. The number of carbonyl (C=O) groups is 2. The van der Waals surface area contributed by atoms with Gasteiger partial charge in [-0.1, -0.05) is 67.2 Å². The Labute approximate surface area is 187 Å². The normalized spacial score (nSPS) is 26.2. The van der Waals surface area contributed by atoms with Gasteiger partial charge < -0.3 is 20.8 Å². The van der Waals surface area contributed by atoms with Crippen molar-refractivity contribution in [3.8, 4) is 0 Å². The predicted octanol–water partition coefficient (Wildman–Crippen LogP) is 3.44. The molecule has 6 heteroatoms. The Balaban J connectivity index is 1.77. The van der Waals surface area contributed by atoms with E-state index in [9.17, 15) is 19.8 Å². The number of carbonyl (C=O) groups excluding carboxylic acids is 2. The lowest BCUT2D eigenvalue weighted by atomic mass is 9.74. The first-order chi connectivity index (χ1) is 14.1. The Morgan fingerprint density at radius 2 is 0.935 bits per heavy atom. The van der Waals surface area contributed by atoms with E-state index in [0.29, 0.717) is 38.5 Å². The number of nitrogens with one attached hydrogen (secondary N) is 2. The topological polar surface area (TPSA) is 98.7 Å². The lowest BCUT2D eigenvalue weighted by molar-refractivity contribution is -0.143. The molecular weight excluding hydrogens is 392 g/mol. The highest BCUT2D eigenvalue weighted by atomic mass is 16.3. The quantitative estimate of drug-likeness (QED) is 0.479. The second-order valence-electron chi connectivity index (χ2n) is 12.7. The molecule has 3 aliphatic rings. The van der Waals surface area contributed by atoms with Crippen molar-refractivity contribution in [3.05, 3.63) is 0 Å². The van der Waals surface area contributed by atoms with Crippen molar-refractivity contribution in [1.29, 1.82) is 0 Å². The molecule has 0 unspecified atom stereocenters. The first kappa shape index (κ1) is 24.5. The first-order valence-electron chi connectivity index (χ1n) is 12.2. The largest absolute Gasteiger partial charge is 0.388 e. The van der Waals surface area contributed by atoms with Gasteiger partial charge >= 0.3 is 0 Å². The molecule has 0 aromatic heterocycles. The van der Waals surface area contributed by atoms with Crippen molar-refractivity contribution in [3.63, 3.8) is 0 Å². The summed E-state index contributed by atoms with van der Waals surface area (Å²) in [5, 5.41) is 28.7. The fraction of sp³-hybridized carbons (Fsp3) is 0.920. The molecule has 0 bridgehead atoms. The van der Waals surface area contributed by atoms with Crippen LogP contribution in [0, 0.1) is 16.2 Å². The van der Waals surface area contributed by atoms with Crippen LogP contribution in [0.3, 0.4) is 0 Å². The van der Waals surface area contributed by atoms with E-state index in [0.717, 1.165) is 25.7 Å². The van der Waals surface area contributed by atoms with Gasteiger partial charge in [-0.05, 0) is 49.4 Å². The summed E-state index contributed by atoms with van der Waals surface area (Å²) >= 11 is 0. The first-order valence-corrected chi connectivity index (χ1v) is 12.2. The summed E-state index contributed by atoms with van der Waals surface area (Å²) in [7, 11) is 0. The molecule has 3 fully saturated rings. The number of amides is 2. The van der Waals surface area contributed by atoms with Crippen LogP contribution in [0.2, 0.25) is 0 Å². The van der Waals surface area contributed by atoms with Gasteiger partial charge in [0.05, 0.1) is 23.3 Å². The Hall–Kier alpha value is -1.14. The Morgan fingerprint density at radius 1 is 0.645 bits per heavy atom. The minimum absolute atomic E-state index is 0.281. The van der Waals surface area contributed by atoms with Crippen LogP contribution in [0.1, 0.15) is 106 Å². The Bertz CT molecular complexity index is 631. The highest BCUT2D eigenvalue weighted by Gasteiger charge is 2.60. The molecule has 0 saturated heterocycles. The number of hydrogen-bond acceptors (Lipinski definition) is 4. The summed E-state index contributed by atoms with van der Waals surface area (Å²) in [5.74, 6) is -0.562.